The highest BCUT2D eigenvalue weighted by Gasteiger charge is 2.54. The number of ether oxygens (including phenoxy) is 1. The predicted octanol–water partition coefficient (Wildman–Crippen LogP) is 5.71. The van der Waals surface area contributed by atoms with Crippen LogP contribution in [0.4, 0.5) is 28.8 Å². The van der Waals surface area contributed by atoms with Gasteiger partial charge in [0.1, 0.15) is 41.0 Å². The Morgan fingerprint density at radius 2 is 1.91 bits per heavy atom. The molecule has 0 radical (unpaired) electrons. The van der Waals surface area contributed by atoms with Crippen molar-refractivity contribution in [3.63, 3.8) is 0 Å². The molecule has 3 atom stereocenters. The van der Waals surface area contributed by atoms with E-state index in [4.69, 9.17) is 31.9 Å². The van der Waals surface area contributed by atoms with Crippen LogP contribution in [0.1, 0.15) is 50.5 Å². The van der Waals surface area contributed by atoms with E-state index in [1.54, 1.807) is 0 Å². The molecule has 0 bridgehead atoms. The third-order valence-electron chi connectivity index (χ3n) is 11.7. The number of imide groups is 1. The van der Waals surface area contributed by atoms with Gasteiger partial charge in [-0.25, -0.2) is 18.0 Å². The molecule has 3 amide bonds. The minimum atomic E-state index is -0.999. The van der Waals surface area contributed by atoms with Crippen molar-refractivity contribution in [1.29, 1.82) is 5.26 Å². The number of fused-ring (bicyclic) bond motifs is 3. The lowest BCUT2D eigenvalue weighted by atomic mass is 9.84. The van der Waals surface area contributed by atoms with E-state index in [9.17, 15) is 28.4 Å². The summed E-state index contributed by atoms with van der Waals surface area (Å²) in [7, 11) is 0. The normalized spacial score (nSPS) is 25.3. The largest absolute Gasteiger partial charge is 0.461 e. The number of carbonyl (C=O) groups is 3. The minimum Gasteiger partial charge on any atom is -0.461 e. The lowest BCUT2D eigenvalue weighted by molar-refractivity contribution is -0.177. The van der Waals surface area contributed by atoms with Crippen molar-refractivity contribution in [1.82, 2.24) is 24.8 Å². The van der Waals surface area contributed by atoms with Crippen LogP contribution in [0.15, 0.2) is 18.2 Å². The number of anilines is 2. The van der Waals surface area contributed by atoms with Gasteiger partial charge in [0, 0.05) is 61.8 Å². The Morgan fingerprint density at radius 1 is 1.13 bits per heavy atom. The van der Waals surface area contributed by atoms with Gasteiger partial charge < -0.3 is 20.2 Å². The van der Waals surface area contributed by atoms with Gasteiger partial charge >= 0.3 is 12.1 Å². The van der Waals surface area contributed by atoms with Gasteiger partial charge in [-0.2, -0.15) is 15.2 Å². The molecule has 2 aromatic carbocycles. The van der Waals surface area contributed by atoms with Gasteiger partial charge in [0.05, 0.1) is 26.4 Å². The van der Waals surface area contributed by atoms with E-state index < -0.39 is 46.8 Å². The fraction of sp³-hybridized carbons (Fsp3) is 0.444. The number of benzene rings is 2. The molecule has 0 aliphatic carbocycles. The quantitative estimate of drug-likeness (QED) is 0.239. The molecule has 5 saturated heterocycles. The number of hydrogen-bond donors (Lipinski definition) is 1. The van der Waals surface area contributed by atoms with Gasteiger partial charge in [0.25, 0.3) is 11.8 Å². The van der Waals surface area contributed by atoms with Crippen LogP contribution >= 0.6 is 22.9 Å². The molecule has 9 rings (SSSR count). The number of thiophene rings is 1. The highest BCUT2D eigenvalue weighted by Crippen LogP contribution is 2.48. The minimum absolute atomic E-state index is 0.0000234. The molecule has 2 aromatic heterocycles. The first-order valence-electron chi connectivity index (χ1n) is 17.6. The molecule has 13 nitrogen and oxygen atoms in total. The maximum atomic E-state index is 17.2. The standard InChI is InChI=1S/C36H32ClF3N8O5S/c37-22-12-20-29(28(40)27(22)19-2-3-23(39)30-26(19)21(14-41)31(42)54-30)43-33(52-17-36-6-1-9-46(36)15-18(38)13-36)44-32(20)45-10-7-35(16-45)8-11-47(35)34(51)53-48-24(49)4-5-25(48)50/h2-3,12,18H,1,4-11,13,15-17,42H2/t18-,35?,36?/m1/s1. The van der Waals surface area contributed by atoms with E-state index in [1.165, 1.54) is 17.0 Å². The summed E-state index contributed by atoms with van der Waals surface area (Å²) >= 11 is 7.75. The molecule has 4 aromatic rings. The van der Waals surface area contributed by atoms with Crippen LogP contribution in [-0.4, -0.2) is 99.3 Å². The first kappa shape index (κ1) is 34.8. The Balaban J connectivity index is 1.12. The highest BCUT2D eigenvalue weighted by atomic mass is 35.5. The second-order valence-corrected chi connectivity index (χ2v) is 16.1. The van der Waals surface area contributed by atoms with E-state index in [0.29, 0.717) is 44.0 Å². The number of nitriles is 1. The number of rotatable bonds is 6. The molecular weight excluding hydrogens is 749 g/mol. The highest BCUT2D eigenvalue weighted by molar-refractivity contribution is 7.23. The number of nitrogens with zero attached hydrogens (tertiary/aromatic N) is 7. The van der Waals surface area contributed by atoms with Gasteiger partial charge in [-0.1, -0.05) is 17.7 Å². The number of hydroxylamine groups is 2. The zero-order chi connectivity index (χ0) is 37.7. The van der Waals surface area contributed by atoms with Crippen LogP contribution in [-0.2, 0) is 14.4 Å². The number of amides is 3. The van der Waals surface area contributed by atoms with Gasteiger partial charge in [-0.05, 0) is 49.9 Å². The number of hydrogen-bond acceptors (Lipinski definition) is 12. The van der Waals surface area contributed by atoms with Crippen LogP contribution in [0.25, 0.3) is 32.1 Å². The maximum Gasteiger partial charge on any atom is 0.435 e. The Labute approximate surface area is 314 Å². The molecule has 18 heteroatoms. The van der Waals surface area contributed by atoms with E-state index in [-0.39, 0.29) is 85.5 Å². The molecule has 5 aliphatic heterocycles. The Kier molecular flexibility index (Phi) is 8.11. The zero-order valence-electron chi connectivity index (χ0n) is 28.7. The van der Waals surface area contributed by atoms with Crippen molar-refractivity contribution in [2.24, 2.45) is 0 Å². The van der Waals surface area contributed by atoms with E-state index in [0.717, 1.165) is 36.8 Å². The smallest absolute Gasteiger partial charge is 0.435 e. The SMILES string of the molecule is N#Cc1c(N)sc2c(F)ccc(-c3c(Cl)cc4c(N5CCC6(CCN6C(=O)ON6C(=O)CCC6=O)C5)nc(OCC56CCCN5C[C@H](F)C6)nc4c3F)c12. The molecule has 2 N–H and O–H groups in total. The van der Waals surface area contributed by atoms with Gasteiger partial charge in [-0.3, -0.25) is 19.4 Å². The van der Waals surface area contributed by atoms with E-state index >= 15 is 4.39 Å². The molecule has 280 valence electrons. The number of halogens is 4. The number of carbonyl (C=O) groups excluding carboxylic acids is 3. The van der Waals surface area contributed by atoms with Crippen molar-refractivity contribution >= 4 is 72.7 Å². The van der Waals surface area contributed by atoms with Crippen molar-refractivity contribution < 1.29 is 37.1 Å². The first-order valence-corrected chi connectivity index (χ1v) is 18.8. The number of likely N-dealkylation sites (tertiary alicyclic amines) is 1. The summed E-state index contributed by atoms with van der Waals surface area (Å²) in [5, 5.41) is 10.8. The number of nitrogen functional groups attached to an aromatic ring is 1. The van der Waals surface area contributed by atoms with Crippen molar-refractivity contribution in [3.8, 4) is 23.2 Å². The molecule has 0 saturated carbocycles. The Hall–Kier alpha value is -4.92. The fourth-order valence-corrected chi connectivity index (χ4v) is 10.2. The summed E-state index contributed by atoms with van der Waals surface area (Å²) < 4.78 is 53.0. The first-order chi connectivity index (χ1) is 25.9. The lowest BCUT2D eigenvalue weighted by Gasteiger charge is -2.49. The average Bonchev–Trinajstić information content (AvgIpc) is 3.94. The topological polar surface area (TPSA) is 158 Å². The van der Waals surface area contributed by atoms with Crippen LogP contribution in [0.3, 0.4) is 0 Å². The summed E-state index contributed by atoms with van der Waals surface area (Å²) in [6, 6.07) is 5.88. The van der Waals surface area contributed by atoms with Crippen LogP contribution in [0, 0.1) is 23.0 Å². The summed E-state index contributed by atoms with van der Waals surface area (Å²) in [5.41, 5.74) is 4.69. The van der Waals surface area contributed by atoms with Crippen molar-refractivity contribution in [2.75, 3.05) is 50.0 Å². The second-order valence-electron chi connectivity index (χ2n) is 14.6. The average molecular weight is 781 g/mol. The molecule has 2 unspecified atom stereocenters. The van der Waals surface area contributed by atoms with Crippen LogP contribution in [0.5, 0.6) is 6.01 Å². The molecule has 5 fully saturated rings. The third kappa shape index (κ3) is 5.24. The number of alkyl halides is 1. The van der Waals surface area contributed by atoms with Crippen molar-refractivity contribution in [2.45, 2.75) is 62.2 Å². The summed E-state index contributed by atoms with van der Waals surface area (Å²) in [6.07, 6.45) is 1.09. The number of nitrogens with two attached hydrogens (primary N) is 1. The summed E-state index contributed by atoms with van der Waals surface area (Å²) in [5.74, 6) is -2.37. The summed E-state index contributed by atoms with van der Waals surface area (Å²) in [6.45, 7) is 2.08. The van der Waals surface area contributed by atoms with E-state index in [2.05, 4.69) is 9.88 Å². The van der Waals surface area contributed by atoms with Crippen LogP contribution < -0.4 is 15.4 Å². The van der Waals surface area contributed by atoms with Crippen molar-refractivity contribution in [3.05, 3.63) is 40.4 Å². The van der Waals surface area contributed by atoms with E-state index in [1.807, 2.05) is 11.0 Å². The van der Waals surface area contributed by atoms with Gasteiger partial charge in [-0.15, -0.1) is 16.4 Å². The fourth-order valence-electron chi connectivity index (χ4n) is 8.94. The third-order valence-corrected chi connectivity index (χ3v) is 13.0. The Morgan fingerprint density at radius 3 is 2.65 bits per heavy atom. The monoisotopic (exact) mass is 780 g/mol. The Bertz CT molecular complexity index is 2340. The second kappa shape index (κ2) is 12.6. The summed E-state index contributed by atoms with van der Waals surface area (Å²) in [4.78, 5) is 57.5. The zero-order valence-corrected chi connectivity index (χ0v) is 30.2. The van der Waals surface area contributed by atoms with Crippen LogP contribution in [0.2, 0.25) is 5.02 Å². The molecular formula is C36H32ClF3N8O5S. The maximum absolute atomic E-state index is 17.2. The lowest BCUT2D eigenvalue weighted by Crippen LogP contribution is -2.64. The molecule has 54 heavy (non-hydrogen) atoms. The molecule has 7 heterocycles. The number of aromatic nitrogens is 2. The van der Waals surface area contributed by atoms with Gasteiger partial charge in [0.2, 0.25) is 0 Å². The van der Waals surface area contributed by atoms with Gasteiger partial charge in [0.15, 0.2) is 5.82 Å². The molecule has 5 aliphatic rings. The predicted molar refractivity (Wildman–Crippen MR) is 191 cm³/mol. The molecule has 1 spiro atoms.